The van der Waals surface area contributed by atoms with E-state index < -0.39 is 0 Å². The predicted octanol–water partition coefficient (Wildman–Crippen LogP) is 3.94. The molecule has 9 heteroatoms. The van der Waals surface area contributed by atoms with Gasteiger partial charge in [0.15, 0.2) is 0 Å². The van der Waals surface area contributed by atoms with Gasteiger partial charge in [-0.05, 0) is 44.0 Å². The Hall–Kier alpha value is -3.98. The molecule has 1 fully saturated rings. The first-order valence-corrected chi connectivity index (χ1v) is 12.0. The van der Waals surface area contributed by atoms with Crippen molar-refractivity contribution in [3.8, 4) is 5.75 Å². The molecule has 4 rings (SSSR count). The van der Waals surface area contributed by atoms with Crippen LogP contribution in [0.25, 0.3) is 10.9 Å². The molecule has 0 bridgehead atoms. The molecule has 1 aliphatic rings. The van der Waals surface area contributed by atoms with Crippen LogP contribution < -0.4 is 15.4 Å². The van der Waals surface area contributed by atoms with Gasteiger partial charge in [-0.25, -0.2) is 9.97 Å². The number of nitrogens with zero attached hydrogens (tertiary/aromatic N) is 3. The van der Waals surface area contributed by atoms with Gasteiger partial charge in [-0.3, -0.25) is 14.5 Å². The van der Waals surface area contributed by atoms with Crippen LogP contribution in [-0.4, -0.2) is 59.6 Å². The SMILES string of the molecule is C=CC(=O)Nc1cc2c(NC(C)c3ccccc3)ncnc2cc1OCCN1CCCC1C(=O)OC. The van der Waals surface area contributed by atoms with E-state index in [2.05, 4.69) is 39.0 Å². The first kappa shape index (κ1) is 25.1. The van der Waals surface area contributed by atoms with Crippen LogP contribution in [-0.2, 0) is 14.3 Å². The number of fused-ring (bicyclic) bond motifs is 1. The summed E-state index contributed by atoms with van der Waals surface area (Å²) in [6.45, 7) is 7.30. The van der Waals surface area contributed by atoms with E-state index in [1.54, 1.807) is 12.1 Å². The third-order valence-corrected chi connectivity index (χ3v) is 6.31. The first-order valence-electron chi connectivity index (χ1n) is 12.0. The van der Waals surface area contributed by atoms with Crippen LogP contribution in [0.2, 0.25) is 0 Å². The van der Waals surface area contributed by atoms with Crippen LogP contribution in [0.15, 0.2) is 61.4 Å². The molecule has 3 aromatic rings. The van der Waals surface area contributed by atoms with Gasteiger partial charge in [0.05, 0.1) is 18.3 Å². The Morgan fingerprint density at radius 1 is 1.25 bits per heavy atom. The normalized spacial score (nSPS) is 16.3. The largest absolute Gasteiger partial charge is 0.490 e. The van der Waals surface area contributed by atoms with Crippen LogP contribution in [0.3, 0.4) is 0 Å². The second-order valence-electron chi connectivity index (χ2n) is 8.62. The zero-order chi connectivity index (χ0) is 25.5. The molecular weight excluding hydrogens is 458 g/mol. The summed E-state index contributed by atoms with van der Waals surface area (Å²) in [4.78, 5) is 35.1. The lowest BCUT2D eigenvalue weighted by Crippen LogP contribution is -2.39. The number of rotatable bonds is 10. The lowest BCUT2D eigenvalue weighted by atomic mass is 10.1. The van der Waals surface area contributed by atoms with Crippen molar-refractivity contribution in [1.82, 2.24) is 14.9 Å². The Balaban J connectivity index is 1.57. The summed E-state index contributed by atoms with van der Waals surface area (Å²) in [6, 6.07) is 13.4. The summed E-state index contributed by atoms with van der Waals surface area (Å²) < 4.78 is 11.0. The number of hydrogen-bond donors (Lipinski definition) is 2. The molecule has 1 amide bonds. The summed E-state index contributed by atoms with van der Waals surface area (Å²) >= 11 is 0. The smallest absolute Gasteiger partial charge is 0.323 e. The number of hydrogen-bond acceptors (Lipinski definition) is 8. The fourth-order valence-corrected chi connectivity index (χ4v) is 4.40. The Morgan fingerprint density at radius 3 is 2.81 bits per heavy atom. The average molecular weight is 490 g/mol. The van der Waals surface area contributed by atoms with Gasteiger partial charge in [-0.2, -0.15) is 0 Å². The van der Waals surface area contributed by atoms with Gasteiger partial charge in [-0.1, -0.05) is 36.9 Å². The molecule has 1 aliphatic heterocycles. The number of methoxy groups -OCH3 is 1. The molecule has 0 spiro atoms. The van der Waals surface area contributed by atoms with Crippen molar-refractivity contribution in [3.05, 3.63) is 67.0 Å². The zero-order valence-corrected chi connectivity index (χ0v) is 20.6. The molecule has 1 saturated heterocycles. The monoisotopic (exact) mass is 489 g/mol. The molecule has 9 nitrogen and oxygen atoms in total. The Labute approximate surface area is 210 Å². The minimum absolute atomic E-state index is 0.00894. The molecule has 0 radical (unpaired) electrons. The molecule has 2 atom stereocenters. The number of benzene rings is 2. The van der Waals surface area contributed by atoms with Gasteiger partial charge in [0.2, 0.25) is 5.91 Å². The van der Waals surface area contributed by atoms with Crippen LogP contribution in [0.5, 0.6) is 5.75 Å². The van der Waals surface area contributed by atoms with Crippen molar-refractivity contribution < 1.29 is 19.1 Å². The maximum absolute atomic E-state index is 12.2. The molecule has 188 valence electrons. The third kappa shape index (κ3) is 5.80. The van der Waals surface area contributed by atoms with Gasteiger partial charge >= 0.3 is 5.97 Å². The van der Waals surface area contributed by atoms with E-state index in [1.165, 1.54) is 19.5 Å². The molecular formula is C27H31N5O4. The molecule has 2 aromatic carbocycles. The minimum Gasteiger partial charge on any atom is -0.490 e. The van der Waals surface area contributed by atoms with E-state index in [9.17, 15) is 9.59 Å². The second kappa shape index (κ2) is 11.6. The van der Waals surface area contributed by atoms with E-state index in [0.29, 0.717) is 35.9 Å². The highest BCUT2D eigenvalue weighted by atomic mass is 16.5. The van der Waals surface area contributed by atoms with E-state index in [1.807, 2.05) is 30.3 Å². The van der Waals surface area contributed by atoms with Gasteiger partial charge < -0.3 is 20.1 Å². The number of esters is 1. The van der Waals surface area contributed by atoms with E-state index >= 15 is 0 Å². The molecule has 0 saturated carbocycles. The van der Waals surface area contributed by atoms with E-state index in [4.69, 9.17) is 9.47 Å². The molecule has 1 aromatic heterocycles. The highest BCUT2D eigenvalue weighted by Crippen LogP contribution is 2.33. The summed E-state index contributed by atoms with van der Waals surface area (Å²) in [5.74, 6) is 0.550. The summed E-state index contributed by atoms with van der Waals surface area (Å²) in [5, 5.41) is 7.01. The van der Waals surface area contributed by atoms with Gasteiger partial charge in [0.1, 0.15) is 30.5 Å². The number of amides is 1. The quantitative estimate of drug-likeness (QED) is 0.326. The summed E-state index contributed by atoms with van der Waals surface area (Å²) in [6.07, 6.45) is 4.42. The topological polar surface area (TPSA) is 106 Å². The average Bonchev–Trinajstić information content (AvgIpc) is 3.37. The highest BCUT2D eigenvalue weighted by Gasteiger charge is 2.31. The van der Waals surface area contributed by atoms with Crippen LogP contribution in [0, 0.1) is 0 Å². The molecule has 0 aliphatic carbocycles. The number of ether oxygens (including phenoxy) is 2. The minimum atomic E-state index is -0.353. The molecule has 2 unspecified atom stereocenters. The lowest BCUT2D eigenvalue weighted by molar-refractivity contribution is -0.145. The maximum Gasteiger partial charge on any atom is 0.323 e. The molecule has 2 heterocycles. The van der Waals surface area contributed by atoms with Crippen molar-refractivity contribution in [2.45, 2.75) is 31.8 Å². The van der Waals surface area contributed by atoms with Gasteiger partial charge in [0, 0.05) is 24.0 Å². The zero-order valence-electron chi connectivity index (χ0n) is 20.6. The number of carbonyl (C=O) groups is 2. The maximum atomic E-state index is 12.2. The van der Waals surface area contributed by atoms with Crippen molar-refractivity contribution in [3.63, 3.8) is 0 Å². The lowest BCUT2D eigenvalue weighted by Gasteiger charge is -2.23. The Kier molecular flexibility index (Phi) is 8.12. The Bertz CT molecular complexity index is 1230. The van der Waals surface area contributed by atoms with Crippen LogP contribution in [0.1, 0.15) is 31.4 Å². The van der Waals surface area contributed by atoms with Crippen molar-refractivity contribution in [2.24, 2.45) is 0 Å². The number of likely N-dealkylation sites (tertiary alicyclic amines) is 1. The van der Waals surface area contributed by atoms with Crippen LogP contribution in [0.4, 0.5) is 11.5 Å². The molecule has 2 N–H and O–H groups in total. The first-order chi connectivity index (χ1) is 17.5. The summed E-state index contributed by atoms with van der Waals surface area (Å²) in [5.41, 5.74) is 2.29. The number of nitrogens with one attached hydrogen (secondary N) is 2. The Morgan fingerprint density at radius 2 is 2.06 bits per heavy atom. The van der Waals surface area contributed by atoms with E-state index in [-0.39, 0.29) is 24.0 Å². The standard InChI is InChI=1S/C27H31N5O4/c1-4-25(33)31-22-15-20-21(28-17-29-26(20)30-18(2)19-9-6-5-7-10-19)16-24(22)36-14-13-32-12-8-11-23(32)27(34)35-3/h4-7,9-10,15-18,23H,1,8,11-14H2,2-3H3,(H,31,33)(H,28,29,30). The van der Waals surface area contributed by atoms with Crippen molar-refractivity contribution in [1.29, 1.82) is 0 Å². The van der Waals surface area contributed by atoms with Crippen molar-refractivity contribution in [2.75, 3.05) is 37.4 Å². The third-order valence-electron chi connectivity index (χ3n) is 6.31. The van der Waals surface area contributed by atoms with Crippen molar-refractivity contribution >= 4 is 34.3 Å². The van der Waals surface area contributed by atoms with Gasteiger partial charge in [-0.15, -0.1) is 0 Å². The number of aromatic nitrogens is 2. The second-order valence-corrected chi connectivity index (χ2v) is 8.62. The fraction of sp³-hybridized carbons (Fsp3) is 0.333. The molecule has 36 heavy (non-hydrogen) atoms. The number of anilines is 2. The summed E-state index contributed by atoms with van der Waals surface area (Å²) in [7, 11) is 1.41. The predicted molar refractivity (Wildman–Crippen MR) is 139 cm³/mol. The fourth-order valence-electron chi connectivity index (χ4n) is 4.40. The van der Waals surface area contributed by atoms with E-state index in [0.717, 1.165) is 30.3 Å². The van der Waals surface area contributed by atoms with Crippen LogP contribution >= 0.6 is 0 Å². The highest BCUT2D eigenvalue weighted by molar-refractivity contribution is 6.03. The van der Waals surface area contributed by atoms with Gasteiger partial charge in [0.25, 0.3) is 0 Å². The number of carbonyl (C=O) groups excluding carboxylic acids is 2.